The van der Waals surface area contributed by atoms with E-state index in [1.165, 1.54) is 19.2 Å². The monoisotopic (exact) mass is 548 g/mol. The van der Waals surface area contributed by atoms with Gasteiger partial charge in [0.05, 0.1) is 22.7 Å². The number of hydrogen-bond acceptors (Lipinski definition) is 4. The molecule has 0 radical (unpaired) electrons. The lowest BCUT2D eigenvalue weighted by molar-refractivity contribution is -0.137. The van der Waals surface area contributed by atoms with E-state index in [9.17, 15) is 31.9 Å². The predicted molar refractivity (Wildman–Crippen MR) is 126 cm³/mol. The predicted octanol–water partition coefficient (Wildman–Crippen LogP) is 4.93. The molecule has 0 spiro atoms. The van der Waals surface area contributed by atoms with Crippen LogP contribution >= 0.6 is 11.6 Å². The smallest absolute Gasteiger partial charge is 0.366 e. The van der Waals surface area contributed by atoms with Crippen molar-refractivity contribution in [3.05, 3.63) is 86.6 Å². The Balaban J connectivity index is 1.96. The molecule has 13 heteroatoms. The van der Waals surface area contributed by atoms with E-state index in [1.54, 1.807) is 0 Å². The van der Waals surface area contributed by atoms with Crippen LogP contribution in [0.15, 0.2) is 36.4 Å². The summed E-state index contributed by atoms with van der Waals surface area (Å²) in [4.78, 5) is 37.3. The van der Waals surface area contributed by atoms with Gasteiger partial charge in [0.1, 0.15) is 22.8 Å². The highest BCUT2D eigenvalue weighted by Gasteiger charge is 2.40. The number of aryl methyl sites for hydroxylation is 1. The molecule has 2 amide bonds. The Bertz CT molecular complexity index is 1710. The highest BCUT2D eigenvalue weighted by atomic mass is 35.5. The molecular weight excluding hydrogens is 535 g/mol. The number of hydrogen-bond donors (Lipinski definition) is 2. The summed E-state index contributed by atoms with van der Waals surface area (Å²) in [6.45, 7) is 0. The van der Waals surface area contributed by atoms with Crippen molar-refractivity contribution in [3.63, 3.8) is 0 Å². The first kappa shape index (κ1) is 25.3. The maximum Gasteiger partial charge on any atom is 0.416 e. The summed E-state index contributed by atoms with van der Waals surface area (Å²) >= 11 is 6.29. The Kier molecular flexibility index (Phi) is 5.75. The van der Waals surface area contributed by atoms with Gasteiger partial charge in [-0.3, -0.25) is 19.1 Å². The number of benzene rings is 3. The lowest BCUT2D eigenvalue weighted by atomic mass is 9.85. The number of aldehydes is 1. The molecule has 0 fully saturated rings. The first-order chi connectivity index (χ1) is 17.8. The molecule has 1 aliphatic rings. The number of fused-ring (bicyclic) bond motifs is 3. The zero-order valence-electron chi connectivity index (χ0n) is 19.1. The molecule has 194 valence electrons. The van der Waals surface area contributed by atoms with Crippen LogP contribution in [-0.2, 0) is 13.2 Å². The van der Waals surface area contributed by atoms with E-state index in [1.807, 2.05) is 0 Å². The molecule has 4 aromatic rings. The van der Waals surface area contributed by atoms with E-state index in [4.69, 9.17) is 17.3 Å². The Hall–Kier alpha value is -4.32. The molecule has 1 atom stereocenters. The van der Waals surface area contributed by atoms with Crippen LogP contribution in [0.1, 0.15) is 53.9 Å². The van der Waals surface area contributed by atoms with Gasteiger partial charge < -0.3 is 11.1 Å². The Morgan fingerprint density at radius 3 is 2.50 bits per heavy atom. The number of primary amides is 1. The van der Waals surface area contributed by atoms with Gasteiger partial charge in [-0.05, 0) is 42.0 Å². The SMILES string of the molecule is Cn1nc2c3c(c(-c4c(F)cc(C(F)(F)F)cc4C(N)=O)cc2c1C=O)C(c1cc(F)ccc1Cl)NC3=O. The van der Waals surface area contributed by atoms with Crippen molar-refractivity contribution in [1.82, 2.24) is 15.1 Å². The number of amides is 2. The van der Waals surface area contributed by atoms with Gasteiger partial charge in [0.15, 0.2) is 6.29 Å². The van der Waals surface area contributed by atoms with Gasteiger partial charge in [-0.15, -0.1) is 0 Å². The molecule has 7 nitrogen and oxygen atoms in total. The highest BCUT2D eigenvalue weighted by Crippen LogP contribution is 2.46. The minimum atomic E-state index is -5.00. The molecule has 2 heterocycles. The topological polar surface area (TPSA) is 107 Å². The van der Waals surface area contributed by atoms with Gasteiger partial charge in [0.2, 0.25) is 5.91 Å². The van der Waals surface area contributed by atoms with Gasteiger partial charge >= 0.3 is 6.18 Å². The van der Waals surface area contributed by atoms with Crippen molar-refractivity contribution in [3.8, 4) is 11.1 Å². The second kappa shape index (κ2) is 8.62. The summed E-state index contributed by atoms with van der Waals surface area (Å²) in [6, 6.07) is 3.93. The van der Waals surface area contributed by atoms with E-state index in [0.29, 0.717) is 12.4 Å². The van der Waals surface area contributed by atoms with Gasteiger partial charge in [-0.25, -0.2) is 8.78 Å². The summed E-state index contributed by atoms with van der Waals surface area (Å²) in [5.74, 6) is -4.30. The minimum Gasteiger partial charge on any atom is -0.366 e. The Morgan fingerprint density at radius 2 is 1.87 bits per heavy atom. The minimum absolute atomic E-state index is 0.0215. The van der Waals surface area contributed by atoms with Crippen molar-refractivity contribution in [2.24, 2.45) is 12.8 Å². The normalized spacial score (nSPS) is 15.0. The number of halogens is 6. The quantitative estimate of drug-likeness (QED) is 0.278. The van der Waals surface area contributed by atoms with Crippen LogP contribution < -0.4 is 11.1 Å². The summed E-state index contributed by atoms with van der Waals surface area (Å²) < 4.78 is 71.1. The second-order valence-corrected chi connectivity index (χ2v) is 8.96. The van der Waals surface area contributed by atoms with Crippen LogP contribution in [0.3, 0.4) is 0 Å². The molecule has 0 saturated heterocycles. The number of carbonyl (C=O) groups excluding carboxylic acids is 3. The number of nitrogens with two attached hydrogens (primary N) is 1. The zero-order valence-corrected chi connectivity index (χ0v) is 19.8. The molecule has 38 heavy (non-hydrogen) atoms. The summed E-state index contributed by atoms with van der Waals surface area (Å²) in [5.41, 5.74) is 2.08. The van der Waals surface area contributed by atoms with E-state index >= 15 is 4.39 Å². The van der Waals surface area contributed by atoms with Crippen molar-refractivity contribution in [1.29, 1.82) is 0 Å². The lowest BCUT2D eigenvalue weighted by Crippen LogP contribution is -2.21. The zero-order chi connectivity index (χ0) is 27.7. The second-order valence-electron chi connectivity index (χ2n) is 8.55. The van der Waals surface area contributed by atoms with Crippen molar-refractivity contribution in [2.75, 3.05) is 0 Å². The van der Waals surface area contributed by atoms with E-state index in [-0.39, 0.29) is 49.9 Å². The lowest BCUT2D eigenvalue weighted by Gasteiger charge is -2.20. The van der Waals surface area contributed by atoms with Crippen LogP contribution in [0.5, 0.6) is 0 Å². The maximum absolute atomic E-state index is 15.5. The summed E-state index contributed by atoms with van der Waals surface area (Å²) in [7, 11) is 1.41. The number of aromatic nitrogens is 2. The Labute approximate surface area is 215 Å². The molecule has 1 aliphatic heterocycles. The third-order valence-corrected chi connectivity index (χ3v) is 6.68. The van der Waals surface area contributed by atoms with E-state index in [2.05, 4.69) is 10.4 Å². The fraction of sp³-hybridized carbons (Fsp3) is 0.120. The van der Waals surface area contributed by atoms with E-state index in [0.717, 1.165) is 16.8 Å². The van der Waals surface area contributed by atoms with Crippen LogP contribution in [0.2, 0.25) is 5.02 Å². The van der Waals surface area contributed by atoms with Crippen LogP contribution in [-0.4, -0.2) is 27.9 Å². The van der Waals surface area contributed by atoms with Crippen molar-refractivity contribution >= 4 is 40.6 Å². The number of rotatable bonds is 4. The van der Waals surface area contributed by atoms with Crippen molar-refractivity contribution < 1.29 is 36.3 Å². The molecule has 0 bridgehead atoms. The third-order valence-electron chi connectivity index (χ3n) is 6.34. The van der Waals surface area contributed by atoms with Crippen LogP contribution in [0.4, 0.5) is 22.0 Å². The Morgan fingerprint density at radius 1 is 1.16 bits per heavy atom. The molecule has 5 rings (SSSR count). The number of nitrogens with zero attached hydrogens (tertiary/aromatic N) is 2. The highest BCUT2D eigenvalue weighted by molar-refractivity contribution is 6.31. The number of nitrogens with one attached hydrogen (secondary N) is 1. The average molecular weight is 549 g/mol. The summed E-state index contributed by atoms with van der Waals surface area (Å²) in [6.07, 6.45) is -4.57. The van der Waals surface area contributed by atoms with Crippen molar-refractivity contribution in [2.45, 2.75) is 12.2 Å². The molecule has 1 aromatic heterocycles. The van der Waals surface area contributed by atoms with Gasteiger partial charge in [-0.2, -0.15) is 18.3 Å². The summed E-state index contributed by atoms with van der Waals surface area (Å²) in [5, 5.41) is 6.91. The van der Waals surface area contributed by atoms with Crippen LogP contribution in [0, 0.1) is 11.6 Å². The first-order valence-corrected chi connectivity index (χ1v) is 11.2. The standard InChI is InChI=1S/C25H14ClF5N4O3/c1-35-17(8-36)12-7-13(18-14(23(32)37)4-9(5-16(18)28)25(29,30)31)19-20(22(12)34-35)24(38)33-21(19)11-6-10(27)2-3-15(11)26/h2-8,21H,1H3,(H2,32,37)(H,33,38). The number of carbonyl (C=O) groups is 3. The average Bonchev–Trinajstić information content (AvgIpc) is 3.34. The molecule has 0 aliphatic carbocycles. The van der Waals surface area contributed by atoms with Gasteiger partial charge in [0.25, 0.3) is 5.91 Å². The fourth-order valence-corrected chi connectivity index (χ4v) is 4.95. The maximum atomic E-state index is 15.5. The molecular formula is C25H14ClF5N4O3. The molecule has 1 unspecified atom stereocenters. The molecule has 3 N–H and O–H groups in total. The molecule has 3 aromatic carbocycles. The van der Waals surface area contributed by atoms with Gasteiger partial charge in [0, 0.05) is 34.1 Å². The van der Waals surface area contributed by atoms with E-state index < -0.39 is 52.4 Å². The number of alkyl halides is 3. The van der Waals surface area contributed by atoms with Crippen LogP contribution in [0.25, 0.3) is 22.0 Å². The molecule has 0 saturated carbocycles. The fourth-order valence-electron chi connectivity index (χ4n) is 4.72. The van der Waals surface area contributed by atoms with Gasteiger partial charge in [-0.1, -0.05) is 11.6 Å². The third kappa shape index (κ3) is 3.79. The first-order valence-electron chi connectivity index (χ1n) is 10.8. The largest absolute Gasteiger partial charge is 0.416 e.